The summed E-state index contributed by atoms with van der Waals surface area (Å²) in [5.41, 5.74) is 6.65. The molecule has 0 aliphatic carbocycles. The minimum absolute atomic E-state index is 0.0455. The van der Waals surface area contributed by atoms with Crippen molar-refractivity contribution < 1.29 is 9.47 Å². The lowest BCUT2D eigenvalue weighted by molar-refractivity contribution is 0.356. The molecule has 0 fully saturated rings. The maximum atomic E-state index is 13.5. The zero-order chi connectivity index (χ0) is 24.9. The Kier molecular flexibility index (Phi) is 4.96. The second-order valence-corrected chi connectivity index (χ2v) is 9.39. The fourth-order valence-corrected chi connectivity index (χ4v) is 5.39. The van der Waals surface area contributed by atoms with Crippen LogP contribution in [0.25, 0.3) is 22.0 Å². The van der Waals surface area contributed by atoms with Crippen LogP contribution in [0.3, 0.4) is 0 Å². The van der Waals surface area contributed by atoms with E-state index >= 15 is 0 Å². The number of aromatic nitrogens is 3. The Bertz CT molecular complexity index is 1690. The molecule has 7 rings (SSSR count). The number of nitrogens with one attached hydrogen (secondary N) is 1. The maximum Gasteiger partial charge on any atom is 0.226 e. The number of H-pyrrole nitrogens is 1. The molecule has 2 aliphatic rings. The molecule has 5 aromatic rings. The average Bonchev–Trinajstić information content (AvgIpc) is 3.58. The van der Waals surface area contributed by atoms with Gasteiger partial charge in [-0.15, -0.1) is 0 Å². The summed E-state index contributed by atoms with van der Waals surface area (Å²) in [5.74, 6) is 2.27. The van der Waals surface area contributed by atoms with Gasteiger partial charge >= 0.3 is 0 Å². The highest BCUT2D eigenvalue weighted by atomic mass is 16.5. The number of fused-ring (bicyclic) bond motifs is 3. The van der Waals surface area contributed by atoms with Crippen molar-refractivity contribution in [1.29, 1.82) is 0 Å². The third kappa shape index (κ3) is 3.54. The van der Waals surface area contributed by atoms with E-state index in [9.17, 15) is 4.79 Å². The van der Waals surface area contributed by atoms with E-state index in [0.717, 1.165) is 51.4 Å². The summed E-state index contributed by atoms with van der Waals surface area (Å²) in [7, 11) is 1.65. The maximum absolute atomic E-state index is 13.5. The molecule has 2 aromatic heterocycles. The van der Waals surface area contributed by atoms with Gasteiger partial charge in [-0.25, -0.2) is 9.97 Å². The van der Waals surface area contributed by atoms with Crippen LogP contribution in [0.15, 0.2) is 83.9 Å². The molecule has 182 valence electrons. The summed E-state index contributed by atoms with van der Waals surface area (Å²) in [6.07, 6.45) is 4.57. The second kappa shape index (κ2) is 8.48. The lowest BCUT2D eigenvalue weighted by Crippen LogP contribution is -2.25. The minimum atomic E-state index is -0.242. The molecule has 0 bridgehead atoms. The fraction of sp³-hybridized carbons (Fsp3) is 0.167. The molecule has 0 spiro atoms. The number of ether oxygens (including phenoxy) is 2. The van der Waals surface area contributed by atoms with E-state index in [1.165, 1.54) is 5.56 Å². The van der Waals surface area contributed by atoms with Gasteiger partial charge in [-0.05, 0) is 47.0 Å². The van der Waals surface area contributed by atoms with Crippen LogP contribution in [0.2, 0.25) is 0 Å². The SMILES string of the molecule is COc1ccc(-c2cnc(N3Cc4c([nH]c5ccccc5c4=O)C3c3ccc4c(c3)OCC4)nc2)cc1. The van der Waals surface area contributed by atoms with Crippen LogP contribution in [0.4, 0.5) is 5.95 Å². The monoisotopic (exact) mass is 488 g/mol. The molecular formula is C30H24N4O3. The van der Waals surface area contributed by atoms with Crippen LogP contribution in [0.1, 0.15) is 28.4 Å². The van der Waals surface area contributed by atoms with Crippen LogP contribution >= 0.6 is 0 Å². The molecule has 1 unspecified atom stereocenters. The van der Waals surface area contributed by atoms with Gasteiger partial charge in [-0.1, -0.05) is 36.4 Å². The molecule has 7 heteroatoms. The normalized spacial score (nSPS) is 15.9. The first kappa shape index (κ1) is 21.6. The summed E-state index contributed by atoms with van der Waals surface area (Å²) < 4.78 is 11.1. The quantitative estimate of drug-likeness (QED) is 0.382. The van der Waals surface area contributed by atoms with Crippen molar-refractivity contribution in [3.8, 4) is 22.6 Å². The summed E-state index contributed by atoms with van der Waals surface area (Å²) in [6.45, 7) is 1.11. The Hall–Kier alpha value is -4.65. The molecule has 37 heavy (non-hydrogen) atoms. The van der Waals surface area contributed by atoms with Gasteiger partial charge in [0.15, 0.2) is 5.43 Å². The van der Waals surface area contributed by atoms with E-state index < -0.39 is 0 Å². The standard InChI is InChI=1S/C30H24N4O3/c1-36-22-10-8-18(9-11-22)21-15-31-30(32-16-21)34-17-24-27(33-25-5-3-2-4-23(25)29(24)35)28(34)20-7-6-19-12-13-37-26(19)14-20/h2-11,14-16,28H,12-13,17H2,1H3,(H,33,35). The van der Waals surface area contributed by atoms with Gasteiger partial charge in [0.05, 0.1) is 32.0 Å². The highest BCUT2D eigenvalue weighted by Crippen LogP contribution is 2.41. The molecule has 2 aliphatic heterocycles. The topological polar surface area (TPSA) is 80.3 Å². The lowest BCUT2D eigenvalue weighted by Gasteiger charge is -2.26. The first-order valence-corrected chi connectivity index (χ1v) is 12.3. The van der Waals surface area contributed by atoms with Crippen LogP contribution < -0.4 is 19.8 Å². The van der Waals surface area contributed by atoms with Crippen molar-refractivity contribution >= 4 is 16.9 Å². The Morgan fingerprint density at radius 2 is 1.81 bits per heavy atom. The summed E-state index contributed by atoms with van der Waals surface area (Å²) in [6, 6.07) is 21.6. The molecule has 1 N–H and O–H groups in total. The number of benzene rings is 3. The van der Waals surface area contributed by atoms with Crippen molar-refractivity contribution in [3.63, 3.8) is 0 Å². The van der Waals surface area contributed by atoms with Crippen molar-refractivity contribution in [2.75, 3.05) is 18.6 Å². The Morgan fingerprint density at radius 1 is 1.00 bits per heavy atom. The lowest BCUT2D eigenvalue weighted by atomic mass is 9.99. The Morgan fingerprint density at radius 3 is 2.62 bits per heavy atom. The zero-order valence-electron chi connectivity index (χ0n) is 20.3. The number of hydrogen-bond donors (Lipinski definition) is 1. The van der Waals surface area contributed by atoms with Gasteiger partial charge in [-0.3, -0.25) is 4.79 Å². The van der Waals surface area contributed by atoms with Crippen molar-refractivity contribution in [3.05, 3.63) is 112 Å². The predicted octanol–water partition coefficient (Wildman–Crippen LogP) is 5.04. The van der Waals surface area contributed by atoms with Crippen LogP contribution in [0, 0.1) is 0 Å². The Balaban J connectivity index is 1.33. The zero-order valence-corrected chi connectivity index (χ0v) is 20.3. The minimum Gasteiger partial charge on any atom is -0.497 e. The summed E-state index contributed by atoms with van der Waals surface area (Å²) in [4.78, 5) is 28.7. The molecule has 4 heterocycles. The fourth-order valence-electron chi connectivity index (χ4n) is 5.39. The molecular weight excluding hydrogens is 464 g/mol. The highest BCUT2D eigenvalue weighted by Gasteiger charge is 2.37. The highest BCUT2D eigenvalue weighted by molar-refractivity contribution is 5.80. The van der Waals surface area contributed by atoms with Crippen LogP contribution in [-0.2, 0) is 13.0 Å². The van der Waals surface area contributed by atoms with E-state index in [1.807, 2.05) is 60.9 Å². The number of hydrogen-bond acceptors (Lipinski definition) is 6. The molecule has 0 radical (unpaired) electrons. The van der Waals surface area contributed by atoms with Gasteiger partial charge in [0, 0.05) is 40.8 Å². The first-order chi connectivity index (χ1) is 18.2. The molecule has 0 saturated carbocycles. The molecule has 0 amide bonds. The van der Waals surface area contributed by atoms with E-state index in [4.69, 9.17) is 19.4 Å². The average molecular weight is 489 g/mol. The van der Waals surface area contributed by atoms with Crippen LogP contribution in [-0.4, -0.2) is 28.7 Å². The van der Waals surface area contributed by atoms with Crippen molar-refractivity contribution in [1.82, 2.24) is 15.0 Å². The van der Waals surface area contributed by atoms with E-state index in [2.05, 4.69) is 28.1 Å². The van der Waals surface area contributed by atoms with Crippen LogP contribution in [0.5, 0.6) is 11.5 Å². The van der Waals surface area contributed by atoms with E-state index in [1.54, 1.807) is 7.11 Å². The van der Waals surface area contributed by atoms with Crippen molar-refractivity contribution in [2.24, 2.45) is 0 Å². The van der Waals surface area contributed by atoms with Crippen molar-refractivity contribution in [2.45, 2.75) is 19.0 Å². The van der Waals surface area contributed by atoms with Gasteiger partial charge in [0.25, 0.3) is 0 Å². The molecule has 1 atom stereocenters. The number of aromatic amines is 1. The molecule has 3 aromatic carbocycles. The second-order valence-electron chi connectivity index (χ2n) is 9.39. The van der Waals surface area contributed by atoms with Gasteiger partial charge in [0.1, 0.15) is 11.5 Å². The van der Waals surface area contributed by atoms with E-state index in [-0.39, 0.29) is 11.5 Å². The first-order valence-electron chi connectivity index (χ1n) is 12.3. The number of anilines is 1. The number of rotatable bonds is 4. The number of nitrogens with zero attached hydrogens (tertiary/aromatic N) is 3. The number of methoxy groups -OCH3 is 1. The molecule has 0 saturated heterocycles. The van der Waals surface area contributed by atoms with Gasteiger partial charge in [-0.2, -0.15) is 0 Å². The van der Waals surface area contributed by atoms with E-state index in [0.29, 0.717) is 24.5 Å². The smallest absolute Gasteiger partial charge is 0.226 e. The Labute approximate surface area is 213 Å². The van der Waals surface area contributed by atoms with Gasteiger partial charge < -0.3 is 19.4 Å². The molecule has 7 nitrogen and oxygen atoms in total. The third-order valence-electron chi connectivity index (χ3n) is 7.31. The summed E-state index contributed by atoms with van der Waals surface area (Å²) >= 11 is 0. The van der Waals surface area contributed by atoms with Gasteiger partial charge in [0.2, 0.25) is 5.95 Å². The number of pyridine rings is 1. The summed E-state index contributed by atoms with van der Waals surface area (Å²) in [5, 5.41) is 0.690. The largest absolute Gasteiger partial charge is 0.497 e. The number of para-hydroxylation sites is 1. The predicted molar refractivity (Wildman–Crippen MR) is 142 cm³/mol. The third-order valence-corrected chi connectivity index (χ3v) is 7.31.